The van der Waals surface area contributed by atoms with Gasteiger partial charge in [-0.2, -0.15) is 0 Å². The third-order valence-electron chi connectivity index (χ3n) is 4.77. The first-order valence-electron chi connectivity index (χ1n) is 8.49. The molecule has 5 rings (SSSR count). The van der Waals surface area contributed by atoms with Crippen molar-refractivity contribution >= 4 is 16.2 Å². The first-order valence-corrected chi connectivity index (χ1v) is 9.31. The number of nitrogens with zero attached hydrogens (tertiary/aromatic N) is 5. The molecule has 1 saturated carbocycles. The molecule has 0 saturated heterocycles. The van der Waals surface area contributed by atoms with Crippen LogP contribution in [-0.2, 0) is 0 Å². The van der Waals surface area contributed by atoms with Crippen LogP contribution in [0.2, 0.25) is 0 Å². The van der Waals surface area contributed by atoms with Crippen molar-refractivity contribution in [1.82, 2.24) is 24.4 Å². The smallest absolute Gasteiger partial charge is 0.141 e. The van der Waals surface area contributed by atoms with Crippen molar-refractivity contribution < 1.29 is 14.2 Å². The molecule has 9 heteroatoms. The molecule has 1 aromatic carbocycles. The molecule has 4 aromatic rings. The molecule has 1 aliphatic carbocycles. The van der Waals surface area contributed by atoms with Gasteiger partial charge in [0.2, 0.25) is 0 Å². The number of rotatable bonds is 5. The summed E-state index contributed by atoms with van der Waals surface area (Å²) in [6, 6.07) is 7.36. The quantitative estimate of drug-likeness (QED) is 0.572. The van der Waals surface area contributed by atoms with Gasteiger partial charge in [0.15, 0.2) is 0 Å². The minimum atomic E-state index is -1.01. The van der Waals surface area contributed by atoms with E-state index in [9.17, 15) is 9.50 Å². The van der Waals surface area contributed by atoms with Gasteiger partial charge in [-0.05, 0) is 30.7 Å². The van der Waals surface area contributed by atoms with Crippen LogP contribution >= 0.6 is 11.3 Å². The van der Waals surface area contributed by atoms with E-state index in [1.165, 1.54) is 11.3 Å². The highest BCUT2D eigenvalue weighted by atomic mass is 32.1. The summed E-state index contributed by atoms with van der Waals surface area (Å²) in [5.74, 6) is 0.589. The fourth-order valence-corrected chi connectivity index (χ4v) is 4.49. The molecule has 3 aromatic heterocycles. The number of halogens is 1. The van der Waals surface area contributed by atoms with Crippen LogP contribution in [0.4, 0.5) is 4.39 Å². The number of methoxy groups -OCH3 is 1. The number of imidazole rings is 1. The maximum absolute atomic E-state index is 13.7. The number of hydrogen-bond donors (Lipinski definition) is 1. The number of thiazole rings is 1. The maximum atomic E-state index is 13.7. The number of aliphatic hydroxyl groups is 1. The standard InChI is InChI=1S/C18H16FN5O2S/c1-26-11-4-2-10(3-5-11)24-8-14(21-22-24)17(25)16-18(12-6-13(12)19)27-15-7-20-9-23(15)16/h2-5,7-9,12-13,17,25H,6H2,1H3/t12-,13-,17?/m1/s1. The van der Waals surface area contributed by atoms with E-state index in [1.807, 2.05) is 28.7 Å². The third-order valence-corrected chi connectivity index (χ3v) is 6.01. The number of fused-ring (bicyclic) bond motifs is 1. The van der Waals surface area contributed by atoms with Crippen LogP contribution in [0.5, 0.6) is 5.75 Å². The second-order valence-corrected chi connectivity index (χ2v) is 7.56. The summed E-state index contributed by atoms with van der Waals surface area (Å²) in [5.41, 5.74) is 1.82. The monoisotopic (exact) mass is 385 g/mol. The van der Waals surface area contributed by atoms with Crippen molar-refractivity contribution in [2.45, 2.75) is 24.6 Å². The second kappa shape index (κ2) is 6.14. The molecule has 0 radical (unpaired) electrons. The van der Waals surface area contributed by atoms with Crippen LogP contribution in [0, 0.1) is 0 Å². The molecule has 0 spiro atoms. The normalized spacial score (nSPS) is 20.1. The van der Waals surface area contributed by atoms with Crippen LogP contribution < -0.4 is 4.74 Å². The van der Waals surface area contributed by atoms with Gasteiger partial charge in [0.25, 0.3) is 0 Å². The Morgan fingerprint density at radius 1 is 1.33 bits per heavy atom. The SMILES string of the molecule is COc1ccc(-n2cc(C(O)c3c([C@@H]4C[C@H]4F)sc4cncn34)nn2)cc1. The van der Waals surface area contributed by atoms with Crippen molar-refractivity contribution in [2.75, 3.05) is 7.11 Å². The molecule has 27 heavy (non-hydrogen) atoms. The van der Waals surface area contributed by atoms with Crippen LogP contribution in [0.1, 0.15) is 34.7 Å². The molecule has 0 amide bonds. The Morgan fingerprint density at radius 2 is 2.11 bits per heavy atom. The fourth-order valence-electron chi connectivity index (χ4n) is 3.19. The Labute approximate surface area is 157 Å². The first kappa shape index (κ1) is 16.4. The van der Waals surface area contributed by atoms with E-state index in [-0.39, 0.29) is 5.92 Å². The van der Waals surface area contributed by atoms with Gasteiger partial charge in [-0.25, -0.2) is 14.1 Å². The topological polar surface area (TPSA) is 77.5 Å². The highest BCUT2D eigenvalue weighted by Crippen LogP contribution is 2.49. The molecule has 7 nitrogen and oxygen atoms in total. The predicted molar refractivity (Wildman–Crippen MR) is 97.3 cm³/mol. The van der Waals surface area contributed by atoms with Crippen LogP contribution in [-0.4, -0.2) is 42.8 Å². The molecule has 1 fully saturated rings. The summed E-state index contributed by atoms with van der Waals surface area (Å²) >= 11 is 1.47. The number of aliphatic hydroxyl groups excluding tert-OH is 1. The lowest BCUT2D eigenvalue weighted by molar-refractivity contribution is 0.208. The van der Waals surface area contributed by atoms with Gasteiger partial charge in [0, 0.05) is 10.8 Å². The van der Waals surface area contributed by atoms with Gasteiger partial charge in [-0.1, -0.05) is 5.21 Å². The van der Waals surface area contributed by atoms with E-state index in [2.05, 4.69) is 15.3 Å². The number of aromatic nitrogens is 5. The van der Waals surface area contributed by atoms with Crippen molar-refractivity contribution in [3.8, 4) is 11.4 Å². The summed E-state index contributed by atoms with van der Waals surface area (Å²) in [4.78, 5) is 5.85. The van der Waals surface area contributed by atoms with Gasteiger partial charge < -0.3 is 9.84 Å². The summed E-state index contributed by atoms with van der Waals surface area (Å²) in [6.45, 7) is 0. The molecule has 0 aliphatic heterocycles. The Bertz CT molecular complexity index is 1100. The van der Waals surface area contributed by atoms with Gasteiger partial charge in [0.1, 0.15) is 34.9 Å². The van der Waals surface area contributed by atoms with Gasteiger partial charge in [-0.15, -0.1) is 16.4 Å². The van der Waals surface area contributed by atoms with E-state index >= 15 is 0 Å². The molecule has 1 aliphatic rings. The Kier molecular flexibility index (Phi) is 3.73. The zero-order valence-electron chi connectivity index (χ0n) is 14.4. The molecule has 138 valence electrons. The molecular weight excluding hydrogens is 369 g/mol. The fraction of sp³-hybridized carbons (Fsp3) is 0.278. The lowest BCUT2D eigenvalue weighted by atomic mass is 10.1. The molecule has 3 heterocycles. The van der Waals surface area contributed by atoms with Crippen LogP contribution in [0.15, 0.2) is 43.0 Å². The number of ether oxygens (including phenoxy) is 1. The molecule has 3 atom stereocenters. The van der Waals surface area contributed by atoms with Gasteiger partial charge >= 0.3 is 0 Å². The van der Waals surface area contributed by atoms with Crippen molar-refractivity contribution in [3.63, 3.8) is 0 Å². The average Bonchev–Trinajstić information content (AvgIpc) is 3.10. The Balaban J connectivity index is 1.51. The Hall–Kier alpha value is -2.78. The number of benzene rings is 1. The van der Waals surface area contributed by atoms with Crippen LogP contribution in [0.3, 0.4) is 0 Å². The molecule has 1 unspecified atom stereocenters. The summed E-state index contributed by atoms with van der Waals surface area (Å²) < 4.78 is 22.2. The average molecular weight is 385 g/mol. The molecular formula is C18H16FN5O2S. The van der Waals surface area contributed by atoms with Crippen molar-refractivity contribution in [2.24, 2.45) is 0 Å². The van der Waals surface area contributed by atoms with Crippen molar-refractivity contribution in [1.29, 1.82) is 0 Å². The zero-order chi connectivity index (χ0) is 18.5. The maximum Gasteiger partial charge on any atom is 0.141 e. The highest BCUT2D eigenvalue weighted by molar-refractivity contribution is 7.17. The minimum absolute atomic E-state index is 0.156. The Morgan fingerprint density at radius 3 is 2.81 bits per heavy atom. The van der Waals surface area contributed by atoms with Crippen molar-refractivity contribution in [3.05, 3.63) is 59.3 Å². The predicted octanol–water partition coefficient (Wildman–Crippen LogP) is 2.89. The second-order valence-electron chi connectivity index (χ2n) is 6.50. The minimum Gasteiger partial charge on any atom is -0.497 e. The number of alkyl halides is 1. The first-order chi connectivity index (χ1) is 13.2. The molecule has 0 bridgehead atoms. The van der Waals surface area contributed by atoms with E-state index in [0.717, 1.165) is 21.1 Å². The third kappa shape index (κ3) is 2.70. The van der Waals surface area contributed by atoms with Crippen LogP contribution in [0.25, 0.3) is 10.5 Å². The number of hydrogen-bond acceptors (Lipinski definition) is 6. The van der Waals surface area contributed by atoms with Gasteiger partial charge in [0.05, 0.1) is 30.9 Å². The van der Waals surface area contributed by atoms with E-state index in [4.69, 9.17) is 4.74 Å². The highest BCUT2D eigenvalue weighted by Gasteiger charge is 2.43. The van der Waals surface area contributed by atoms with Gasteiger partial charge in [-0.3, -0.25) is 4.40 Å². The lowest BCUT2D eigenvalue weighted by Gasteiger charge is -2.09. The lowest BCUT2D eigenvalue weighted by Crippen LogP contribution is -2.06. The van der Waals surface area contributed by atoms with E-state index in [0.29, 0.717) is 17.8 Å². The summed E-state index contributed by atoms with van der Waals surface area (Å²) in [5, 5.41) is 19.2. The zero-order valence-corrected chi connectivity index (χ0v) is 15.2. The van der Waals surface area contributed by atoms with E-state index < -0.39 is 12.3 Å². The summed E-state index contributed by atoms with van der Waals surface area (Å²) in [6.07, 6.45) is 3.67. The van der Waals surface area contributed by atoms with E-state index in [1.54, 1.807) is 30.5 Å². The molecule has 1 N–H and O–H groups in total. The largest absolute Gasteiger partial charge is 0.497 e. The summed E-state index contributed by atoms with van der Waals surface area (Å²) in [7, 11) is 1.61.